The summed E-state index contributed by atoms with van der Waals surface area (Å²) in [5.41, 5.74) is 9.55. The first-order chi connectivity index (χ1) is 6.50. The number of anilines is 1. The topological polar surface area (TPSA) is 69.1 Å². The second kappa shape index (κ2) is 3.87. The molecule has 1 aromatic rings. The van der Waals surface area contributed by atoms with Crippen molar-refractivity contribution in [1.82, 2.24) is 0 Å². The molecule has 0 saturated carbocycles. The fourth-order valence-electron chi connectivity index (χ4n) is 0.877. The summed E-state index contributed by atoms with van der Waals surface area (Å²) in [6.45, 7) is 0. The smallest absolute Gasteiger partial charge is 0.241 e. The minimum absolute atomic E-state index is 0.0736. The van der Waals surface area contributed by atoms with Gasteiger partial charge < -0.3 is 11.5 Å². The number of hydrogen-bond acceptors (Lipinski definition) is 2. The summed E-state index contributed by atoms with van der Waals surface area (Å²) >= 11 is 0. The van der Waals surface area contributed by atoms with Crippen molar-refractivity contribution in [3.8, 4) is 0 Å². The van der Waals surface area contributed by atoms with Crippen LogP contribution in [0.15, 0.2) is 18.2 Å². The van der Waals surface area contributed by atoms with E-state index in [-0.39, 0.29) is 11.3 Å². The van der Waals surface area contributed by atoms with Crippen LogP contribution >= 0.6 is 0 Å². The van der Waals surface area contributed by atoms with E-state index in [4.69, 9.17) is 11.5 Å². The molecular weight excluding hydrogens is 190 g/mol. The lowest BCUT2D eigenvalue weighted by Crippen LogP contribution is -2.05. The summed E-state index contributed by atoms with van der Waals surface area (Å²) < 4.78 is 25.9. The minimum Gasteiger partial charge on any atom is -0.396 e. The molecule has 0 heterocycles. The van der Waals surface area contributed by atoms with Crippen LogP contribution in [0, 0.1) is 11.6 Å². The summed E-state index contributed by atoms with van der Waals surface area (Å²) in [5.74, 6) is -2.18. The maximum absolute atomic E-state index is 13.0. The predicted molar refractivity (Wildman–Crippen MR) is 49.0 cm³/mol. The Kier molecular flexibility index (Phi) is 2.81. The van der Waals surface area contributed by atoms with E-state index in [1.54, 1.807) is 0 Å². The number of halogens is 2. The molecular formula is C9H8F2N2O. The van der Waals surface area contributed by atoms with Gasteiger partial charge in [0.25, 0.3) is 0 Å². The minimum atomic E-state index is -0.740. The Labute approximate surface area is 79.0 Å². The molecule has 5 heteroatoms. The summed E-state index contributed by atoms with van der Waals surface area (Å²) in [6, 6.07) is 1.74. The van der Waals surface area contributed by atoms with E-state index in [9.17, 15) is 13.6 Å². The first-order valence-corrected chi connectivity index (χ1v) is 3.72. The predicted octanol–water partition coefficient (Wildman–Crippen LogP) is 1.05. The van der Waals surface area contributed by atoms with Crippen LogP contribution in [0.5, 0.6) is 0 Å². The van der Waals surface area contributed by atoms with Gasteiger partial charge in [-0.15, -0.1) is 0 Å². The number of benzene rings is 1. The number of carbonyl (C=O) groups excluding carboxylic acids is 1. The molecule has 1 amide bonds. The second-order valence-electron chi connectivity index (χ2n) is 2.63. The van der Waals surface area contributed by atoms with Crippen LogP contribution in [0.2, 0.25) is 0 Å². The fraction of sp³-hybridized carbons (Fsp3) is 0. The molecule has 74 valence electrons. The molecule has 0 spiro atoms. The van der Waals surface area contributed by atoms with Crippen molar-refractivity contribution in [1.29, 1.82) is 0 Å². The zero-order valence-corrected chi connectivity index (χ0v) is 7.13. The van der Waals surface area contributed by atoms with Gasteiger partial charge in [0.1, 0.15) is 11.6 Å². The van der Waals surface area contributed by atoms with Gasteiger partial charge in [-0.1, -0.05) is 0 Å². The molecule has 0 radical (unpaired) electrons. The third-order valence-electron chi connectivity index (χ3n) is 1.54. The molecule has 0 fully saturated rings. The van der Waals surface area contributed by atoms with E-state index in [1.165, 1.54) is 0 Å². The number of primary amides is 1. The summed E-state index contributed by atoms with van der Waals surface area (Å²) in [5, 5.41) is 0. The van der Waals surface area contributed by atoms with Crippen LogP contribution in [0.1, 0.15) is 5.56 Å². The number of rotatable bonds is 2. The molecule has 0 bridgehead atoms. The van der Waals surface area contributed by atoms with Gasteiger partial charge in [-0.25, -0.2) is 8.78 Å². The molecule has 4 N–H and O–H groups in total. The number of carbonyl (C=O) groups is 1. The number of nitrogens with two attached hydrogens (primary N) is 2. The summed E-state index contributed by atoms with van der Waals surface area (Å²) in [6.07, 6.45) is 2.02. The average Bonchev–Trinajstić information content (AvgIpc) is 2.09. The quantitative estimate of drug-likeness (QED) is 0.550. The Bertz CT molecular complexity index is 402. The van der Waals surface area contributed by atoms with E-state index in [0.29, 0.717) is 0 Å². The molecule has 0 aliphatic heterocycles. The van der Waals surface area contributed by atoms with Gasteiger partial charge in [-0.05, 0) is 12.1 Å². The molecule has 1 rings (SSSR count). The number of hydrogen-bond donors (Lipinski definition) is 2. The zero-order chi connectivity index (χ0) is 10.7. The third kappa shape index (κ3) is 2.29. The average molecular weight is 198 g/mol. The SMILES string of the molecule is NC(=O)C=Cc1cc(F)c(N)cc1F. The van der Waals surface area contributed by atoms with E-state index < -0.39 is 17.5 Å². The molecule has 0 unspecified atom stereocenters. The Morgan fingerprint density at radius 2 is 1.93 bits per heavy atom. The molecule has 1 aromatic carbocycles. The molecule has 3 nitrogen and oxygen atoms in total. The van der Waals surface area contributed by atoms with Crippen molar-refractivity contribution in [3.63, 3.8) is 0 Å². The lowest BCUT2D eigenvalue weighted by molar-refractivity contribution is -0.113. The largest absolute Gasteiger partial charge is 0.396 e. The second-order valence-corrected chi connectivity index (χ2v) is 2.63. The van der Waals surface area contributed by atoms with Gasteiger partial charge >= 0.3 is 0 Å². The van der Waals surface area contributed by atoms with Crippen molar-refractivity contribution in [2.24, 2.45) is 5.73 Å². The summed E-state index contributed by atoms with van der Waals surface area (Å²) in [7, 11) is 0. The van der Waals surface area contributed by atoms with E-state index in [0.717, 1.165) is 24.3 Å². The van der Waals surface area contributed by atoms with Crippen molar-refractivity contribution < 1.29 is 13.6 Å². The first kappa shape index (κ1) is 10.2. The lowest BCUT2D eigenvalue weighted by Gasteiger charge is -2.00. The normalized spacial score (nSPS) is 10.7. The maximum Gasteiger partial charge on any atom is 0.241 e. The standard InChI is InChI=1S/C9H8F2N2O/c10-6-4-8(12)7(11)3-5(6)1-2-9(13)14/h1-4H,12H2,(H2,13,14). The van der Waals surface area contributed by atoms with E-state index in [2.05, 4.69) is 0 Å². The Morgan fingerprint density at radius 1 is 1.29 bits per heavy atom. The number of nitrogen functional groups attached to an aromatic ring is 1. The van der Waals surface area contributed by atoms with Crippen LogP contribution < -0.4 is 11.5 Å². The highest BCUT2D eigenvalue weighted by Crippen LogP contribution is 2.17. The maximum atomic E-state index is 13.0. The number of amides is 1. The van der Waals surface area contributed by atoms with Gasteiger partial charge in [0.15, 0.2) is 0 Å². The van der Waals surface area contributed by atoms with Crippen molar-refractivity contribution in [3.05, 3.63) is 35.4 Å². The lowest BCUT2D eigenvalue weighted by atomic mass is 10.1. The Hall–Kier alpha value is -1.91. The first-order valence-electron chi connectivity index (χ1n) is 3.72. The zero-order valence-electron chi connectivity index (χ0n) is 7.13. The van der Waals surface area contributed by atoms with E-state index >= 15 is 0 Å². The van der Waals surface area contributed by atoms with Crippen LogP contribution in [0.3, 0.4) is 0 Å². The van der Waals surface area contributed by atoms with Crippen LogP contribution in [-0.2, 0) is 4.79 Å². The molecule has 14 heavy (non-hydrogen) atoms. The molecule has 0 atom stereocenters. The Balaban J connectivity index is 3.10. The molecule has 0 aliphatic carbocycles. The van der Waals surface area contributed by atoms with Crippen LogP contribution in [0.4, 0.5) is 14.5 Å². The van der Waals surface area contributed by atoms with Gasteiger partial charge in [-0.2, -0.15) is 0 Å². The van der Waals surface area contributed by atoms with Crippen molar-refractivity contribution in [2.45, 2.75) is 0 Å². The monoisotopic (exact) mass is 198 g/mol. The van der Waals surface area contributed by atoms with E-state index in [1.807, 2.05) is 0 Å². The van der Waals surface area contributed by atoms with Crippen LogP contribution in [0.25, 0.3) is 6.08 Å². The van der Waals surface area contributed by atoms with Gasteiger partial charge in [0.05, 0.1) is 5.69 Å². The van der Waals surface area contributed by atoms with Gasteiger partial charge in [-0.3, -0.25) is 4.79 Å². The highest BCUT2D eigenvalue weighted by Gasteiger charge is 2.05. The highest BCUT2D eigenvalue weighted by atomic mass is 19.1. The van der Waals surface area contributed by atoms with Gasteiger partial charge in [0.2, 0.25) is 5.91 Å². The third-order valence-corrected chi connectivity index (χ3v) is 1.54. The molecule has 0 aromatic heterocycles. The fourth-order valence-corrected chi connectivity index (χ4v) is 0.877. The van der Waals surface area contributed by atoms with Gasteiger partial charge in [0, 0.05) is 17.7 Å². The highest BCUT2D eigenvalue weighted by molar-refractivity contribution is 5.90. The van der Waals surface area contributed by atoms with Crippen LogP contribution in [-0.4, -0.2) is 5.91 Å². The van der Waals surface area contributed by atoms with Crippen molar-refractivity contribution in [2.75, 3.05) is 5.73 Å². The summed E-state index contributed by atoms with van der Waals surface area (Å²) in [4.78, 5) is 10.3. The molecule has 0 saturated heterocycles. The Morgan fingerprint density at radius 3 is 2.50 bits per heavy atom. The molecule has 0 aliphatic rings. The van der Waals surface area contributed by atoms with Crippen molar-refractivity contribution >= 4 is 17.7 Å².